The van der Waals surface area contributed by atoms with Crippen LogP contribution in [-0.4, -0.2) is 29.4 Å². The van der Waals surface area contributed by atoms with E-state index >= 15 is 0 Å². The number of aromatic nitrogens is 2. The highest BCUT2D eigenvalue weighted by Gasteiger charge is 2.02. The maximum atomic E-state index is 5.85. The number of hydrogen-bond acceptors (Lipinski definition) is 3. The van der Waals surface area contributed by atoms with Crippen molar-refractivity contribution in [1.29, 1.82) is 0 Å². The molecule has 3 N–H and O–H groups in total. The summed E-state index contributed by atoms with van der Waals surface area (Å²) in [5.41, 5.74) is 7.69. The van der Waals surface area contributed by atoms with Crippen molar-refractivity contribution in [3.8, 4) is 11.4 Å². The first kappa shape index (κ1) is 20.3. The highest BCUT2D eigenvalue weighted by atomic mass is 127. The molecule has 0 amide bonds. The van der Waals surface area contributed by atoms with E-state index in [9.17, 15) is 0 Å². The van der Waals surface area contributed by atoms with Crippen molar-refractivity contribution in [3.05, 3.63) is 42.2 Å². The third kappa shape index (κ3) is 6.38. The molecule has 0 aliphatic rings. The van der Waals surface area contributed by atoms with Crippen LogP contribution < -0.4 is 15.8 Å². The van der Waals surface area contributed by atoms with Gasteiger partial charge in [-0.05, 0) is 42.7 Å². The van der Waals surface area contributed by atoms with Crippen molar-refractivity contribution in [3.63, 3.8) is 0 Å². The van der Waals surface area contributed by atoms with Crippen molar-refractivity contribution in [2.45, 2.75) is 26.8 Å². The number of nitrogens with zero attached hydrogens (tertiary/aromatic N) is 3. The van der Waals surface area contributed by atoms with Gasteiger partial charge in [-0.25, -0.2) is 9.67 Å². The van der Waals surface area contributed by atoms with E-state index in [1.165, 1.54) is 0 Å². The Morgan fingerprint density at radius 1 is 1.29 bits per heavy atom. The van der Waals surface area contributed by atoms with Crippen molar-refractivity contribution >= 4 is 29.9 Å². The number of benzene rings is 1. The molecular weight excluding hydrogens is 417 g/mol. The summed E-state index contributed by atoms with van der Waals surface area (Å²) in [6.07, 6.45) is 2.98. The lowest BCUT2D eigenvalue weighted by molar-refractivity contribution is 0.414. The predicted octanol–water partition coefficient (Wildman–Crippen LogP) is 2.95. The Morgan fingerprint density at radius 3 is 2.62 bits per heavy atom. The van der Waals surface area contributed by atoms with Crippen LogP contribution in [0.15, 0.2) is 41.5 Å². The van der Waals surface area contributed by atoms with Crippen LogP contribution in [0, 0.1) is 5.92 Å². The molecule has 1 heterocycles. The van der Waals surface area contributed by atoms with Crippen LogP contribution in [-0.2, 0) is 6.54 Å². The molecule has 0 radical (unpaired) electrons. The summed E-state index contributed by atoms with van der Waals surface area (Å²) in [7, 11) is 1.65. The van der Waals surface area contributed by atoms with Gasteiger partial charge in [0.05, 0.1) is 25.0 Å². The molecule has 0 aliphatic carbocycles. The van der Waals surface area contributed by atoms with Crippen LogP contribution in [0.25, 0.3) is 5.69 Å². The molecule has 1 aromatic heterocycles. The zero-order valence-electron chi connectivity index (χ0n) is 14.4. The molecule has 0 atom stereocenters. The second-order valence-electron chi connectivity index (χ2n) is 5.76. The fourth-order valence-electron chi connectivity index (χ4n) is 2.04. The van der Waals surface area contributed by atoms with Crippen LogP contribution in [0.4, 0.5) is 0 Å². The number of methoxy groups -OCH3 is 1. The largest absolute Gasteiger partial charge is 0.497 e. The third-order valence-electron chi connectivity index (χ3n) is 3.42. The van der Waals surface area contributed by atoms with Gasteiger partial charge in [0.25, 0.3) is 0 Å². The Morgan fingerprint density at radius 2 is 2.00 bits per heavy atom. The topological polar surface area (TPSA) is 77.5 Å². The average molecular weight is 443 g/mol. The highest BCUT2D eigenvalue weighted by molar-refractivity contribution is 14.0. The molecule has 6 nitrogen and oxygen atoms in total. The molecule has 0 saturated carbocycles. The molecule has 132 valence electrons. The fraction of sp³-hybridized carbons (Fsp3) is 0.412. The van der Waals surface area contributed by atoms with Gasteiger partial charge in [0.1, 0.15) is 5.75 Å². The van der Waals surface area contributed by atoms with E-state index in [1.54, 1.807) is 7.11 Å². The number of nitrogens with two attached hydrogens (primary N) is 1. The van der Waals surface area contributed by atoms with Crippen molar-refractivity contribution < 1.29 is 4.74 Å². The van der Waals surface area contributed by atoms with Crippen molar-refractivity contribution in [2.75, 3.05) is 13.7 Å². The van der Waals surface area contributed by atoms with Gasteiger partial charge in [0, 0.05) is 12.7 Å². The van der Waals surface area contributed by atoms with Gasteiger partial charge in [-0.15, -0.1) is 24.0 Å². The first-order chi connectivity index (χ1) is 11.1. The van der Waals surface area contributed by atoms with Gasteiger partial charge in [-0.3, -0.25) is 0 Å². The Kier molecular flexibility index (Phi) is 8.59. The van der Waals surface area contributed by atoms with Gasteiger partial charge >= 0.3 is 0 Å². The summed E-state index contributed by atoms with van der Waals surface area (Å²) in [5.74, 6) is 1.94. The number of aliphatic imine (C=N–C) groups is 1. The Hall–Kier alpha value is -1.77. The number of halogens is 1. The summed E-state index contributed by atoms with van der Waals surface area (Å²) in [5, 5.41) is 7.62. The lowest BCUT2D eigenvalue weighted by atomic mass is 10.1. The van der Waals surface area contributed by atoms with Gasteiger partial charge < -0.3 is 15.8 Å². The Bertz CT molecular complexity index is 637. The molecule has 0 fully saturated rings. The number of rotatable bonds is 7. The second kappa shape index (κ2) is 10.2. The molecule has 24 heavy (non-hydrogen) atoms. The van der Waals surface area contributed by atoms with Crippen LogP contribution in [0.5, 0.6) is 5.75 Å². The van der Waals surface area contributed by atoms with Gasteiger partial charge in [-0.1, -0.05) is 13.8 Å². The molecule has 7 heteroatoms. The first-order valence-electron chi connectivity index (χ1n) is 7.81. The molecule has 1 aromatic carbocycles. The van der Waals surface area contributed by atoms with E-state index in [2.05, 4.69) is 29.3 Å². The number of nitrogens with one attached hydrogen (secondary N) is 1. The van der Waals surface area contributed by atoms with Gasteiger partial charge in [0.2, 0.25) is 0 Å². The smallest absolute Gasteiger partial charge is 0.188 e. The minimum absolute atomic E-state index is 0. The molecule has 0 bridgehead atoms. The van der Waals surface area contributed by atoms with Gasteiger partial charge in [0.15, 0.2) is 5.96 Å². The fourth-order valence-corrected chi connectivity index (χ4v) is 2.04. The number of guanidine groups is 1. The van der Waals surface area contributed by atoms with Crippen LogP contribution in [0.1, 0.15) is 26.0 Å². The molecular formula is C17H26IN5O. The molecule has 0 unspecified atom stereocenters. The minimum Gasteiger partial charge on any atom is -0.497 e. The maximum Gasteiger partial charge on any atom is 0.188 e. The molecule has 0 spiro atoms. The van der Waals surface area contributed by atoms with Crippen LogP contribution in [0.3, 0.4) is 0 Å². The summed E-state index contributed by atoms with van der Waals surface area (Å²) in [6, 6.07) is 9.67. The quantitative estimate of drug-likeness (QED) is 0.392. The lowest BCUT2D eigenvalue weighted by Crippen LogP contribution is -2.32. The monoisotopic (exact) mass is 443 g/mol. The molecule has 2 rings (SSSR count). The van der Waals surface area contributed by atoms with E-state index in [1.807, 2.05) is 41.2 Å². The van der Waals surface area contributed by atoms with Gasteiger partial charge in [-0.2, -0.15) is 5.10 Å². The predicted molar refractivity (Wildman–Crippen MR) is 108 cm³/mol. The maximum absolute atomic E-state index is 5.85. The zero-order chi connectivity index (χ0) is 16.7. The van der Waals surface area contributed by atoms with Crippen LogP contribution in [0.2, 0.25) is 0 Å². The Labute approximate surface area is 160 Å². The van der Waals surface area contributed by atoms with E-state index in [-0.39, 0.29) is 24.0 Å². The number of hydrogen-bond donors (Lipinski definition) is 2. The number of ether oxygens (including phenoxy) is 1. The van der Waals surface area contributed by atoms with E-state index in [0.29, 0.717) is 18.4 Å². The summed E-state index contributed by atoms with van der Waals surface area (Å²) in [6.45, 7) is 5.67. The van der Waals surface area contributed by atoms with Crippen molar-refractivity contribution in [2.24, 2.45) is 16.6 Å². The third-order valence-corrected chi connectivity index (χ3v) is 3.42. The average Bonchev–Trinajstić information content (AvgIpc) is 3.01. The molecule has 2 aromatic rings. The minimum atomic E-state index is 0. The SMILES string of the molecule is COc1ccc(-n2ccc(CN=C(N)NCCC(C)C)n2)cc1.I. The summed E-state index contributed by atoms with van der Waals surface area (Å²) < 4.78 is 6.97. The van der Waals surface area contributed by atoms with Crippen molar-refractivity contribution in [1.82, 2.24) is 15.1 Å². The Balaban J connectivity index is 0.00000288. The van der Waals surface area contributed by atoms with E-state index < -0.39 is 0 Å². The molecule has 0 saturated heterocycles. The zero-order valence-corrected chi connectivity index (χ0v) is 16.7. The standard InChI is InChI=1S/C17H25N5O.HI/c1-13(2)8-10-19-17(18)20-12-14-9-11-22(21-14)15-4-6-16(23-3)7-5-15;/h4-7,9,11,13H,8,10,12H2,1-3H3,(H3,18,19,20);1H. The van der Waals surface area contributed by atoms with E-state index in [0.717, 1.165) is 30.1 Å². The molecule has 0 aliphatic heterocycles. The normalized spacial score (nSPS) is 11.2. The lowest BCUT2D eigenvalue weighted by Gasteiger charge is -2.07. The highest BCUT2D eigenvalue weighted by Crippen LogP contribution is 2.14. The van der Waals surface area contributed by atoms with E-state index in [4.69, 9.17) is 10.5 Å². The summed E-state index contributed by atoms with van der Waals surface area (Å²) >= 11 is 0. The first-order valence-corrected chi connectivity index (χ1v) is 7.81. The summed E-state index contributed by atoms with van der Waals surface area (Å²) in [4.78, 5) is 4.31. The second-order valence-corrected chi connectivity index (χ2v) is 5.76. The van der Waals surface area contributed by atoms with Crippen LogP contribution >= 0.6 is 24.0 Å².